The van der Waals surface area contributed by atoms with Crippen molar-refractivity contribution in [1.29, 1.82) is 0 Å². The zero-order chi connectivity index (χ0) is 24.6. The van der Waals surface area contributed by atoms with Gasteiger partial charge in [-0.2, -0.15) is 0 Å². The van der Waals surface area contributed by atoms with Gasteiger partial charge in [-0.1, -0.05) is 37.8 Å². The number of nitrogens with zero attached hydrogens (tertiary/aromatic N) is 3. The molecule has 0 saturated heterocycles. The highest BCUT2D eigenvalue weighted by atomic mass is 28.3. The number of carbonyl (C=O) groups excluding carboxylic acids is 1. The second-order valence-corrected chi connectivity index (χ2v) is 16.4. The van der Waals surface area contributed by atoms with Crippen molar-refractivity contribution in [2.75, 3.05) is 20.5 Å². The van der Waals surface area contributed by atoms with E-state index in [0.717, 1.165) is 48.1 Å². The maximum Gasteiger partial charge on any atom is 0.337 e. The summed E-state index contributed by atoms with van der Waals surface area (Å²) in [6.07, 6.45) is 3.98. The van der Waals surface area contributed by atoms with Crippen molar-refractivity contribution in [2.45, 2.75) is 63.4 Å². The standard InChI is InChI=1S/C26H35N3O4Si/c1-25(2,33-18-32-16-17-34(4,5)6)21-8-7-15-29-22(21)27-28-24(29)26(13-14-26)20-11-9-19(10-12-20)23(30)31-3/h7-12,15H,13-14,16-18H2,1-6H3. The molecule has 0 unspecified atom stereocenters. The van der Waals surface area contributed by atoms with Crippen LogP contribution in [0.2, 0.25) is 25.7 Å². The minimum Gasteiger partial charge on any atom is -0.465 e. The fourth-order valence-corrected chi connectivity index (χ4v) is 4.98. The van der Waals surface area contributed by atoms with Crippen LogP contribution in [0.1, 0.15) is 54.0 Å². The van der Waals surface area contributed by atoms with Crippen molar-refractivity contribution >= 4 is 19.7 Å². The Hall–Kier alpha value is -2.55. The third-order valence-corrected chi connectivity index (χ3v) is 8.32. The van der Waals surface area contributed by atoms with Crippen molar-refractivity contribution < 1.29 is 19.0 Å². The van der Waals surface area contributed by atoms with Crippen molar-refractivity contribution in [3.63, 3.8) is 0 Å². The predicted molar refractivity (Wildman–Crippen MR) is 134 cm³/mol. The minimum atomic E-state index is -1.13. The number of methoxy groups -OCH3 is 1. The number of ether oxygens (including phenoxy) is 3. The quantitative estimate of drug-likeness (QED) is 0.172. The fraction of sp³-hybridized carbons (Fsp3) is 0.500. The molecule has 7 nitrogen and oxygen atoms in total. The Labute approximate surface area is 202 Å². The molecule has 0 radical (unpaired) electrons. The Morgan fingerprint density at radius 1 is 1.12 bits per heavy atom. The molecule has 3 aromatic rings. The van der Waals surface area contributed by atoms with E-state index in [1.165, 1.54) is 7.11 Å². The number of hydrogen-bond acceptors (Lipinski definition) is 6. The monoisotopic (exact) mass is 481 g/mol. The van der Waals surface area contributed by atoms with Gasteiger partial charge in [-0.05, 0) is 56.5 Å². The molecule has 182 valence electrons. The smallest absolute Gasteiger partial charge is 0.337 e. The maximum absolute atomic E-state index is 11.8. The summed E-state index contributed by atoms with van der Waals surface area (Å²) in [5.74, 6) is 0.581. The molecule has 2 aromatic heterocycles. The average molecular weight is 482 g/mol. The van der Waals surface area contributed by atoms with Crippen LogP contribution in [0.3, 0.4) is 0 Å². The molecule has 1 fully saturated rings. The molecule has 4 rings (SSSR count). The molecule has 8 heteroatoms. The summed E-state index contributed by atoms with van der Waals surface area (Å²) < 4.78 is 18.8. The number of rotatable bonds is 10. The van der Waals surface area contributed by atoms with Crippen LogP contribution in [-0.2, 0) is 25.2 Å². The van der Waals surface area contributed by atoms with Gasteiger partial charge >= 0.3 is 5.97 Å². The third kappa shape index (κ3) is 4.94. The van der Waals surface area contributed by atoms with Gasteiger partial charge < -0.3 is 14.2 Å². The summed E-state index contributed by atoms with van der Waals surface area (Å²) in [6, 6.07) is 12.8. The van der Waals surface area contributed by atoms with Crippen LogP contribution in [0, 0.1) is 0 Å². The van der Waals surface area contributed by atoms with Crippen LogP contribution in [0.25, 0.3) is 5.65 Å². The lowest BCUT2D eigenvalue weighted by atomic mass is 9.93. The van der Waals surface area contributed by atoms with E-state index in [2.05, 4.69) is 34.2 Å². The molecule has 1 aliphatic rings. The van der Waals surface area contributed by atoms with E-state index in [1.54, 1.807) is 0 Å². The Morgan fingerprint density at radius 3 is 2.44 bits per heavy atom. The van der Waals surface area contributed by atoms with Gasteiger partial charge in [-0.15, -0.1) is 10.2 Å². The highest BCUT2D eigenvalue weighted by Crippen LogP contribution is 2.53. The molecule has 1 saturated carbocycles. The number of fused-ring (bicyclic) bond motifs is 1. The number of hydrogen-bond donors (Lipinski definition) is 0. The van der Waals surface area contributed by atoms with Gasteiger partial charge in [-0.25, -0.2) is 4.79 Å². The molecular formula is C26H35N3O4Si. The molecule has 0 aliphatic heterocycles. The summed E-state index contributed by atoms with van der Waals surface area (Å²) >= 11 is 0. The maximum atomic E-state index is 11.8. The Bertz CT molecular complexity index is 1160. The second kappa shape index (κ2) is 9.24. The zero-order valence-electron chi connectivity index (χ0n) is 21.1. The van der Waals surface area contributed by atoms with E-state index in [9.17, 15) is 4.79 Å². The van der Waals surface area contributed by atoms with E-state index < -0.39 is 13.7 Å². The van der Waals surface area contributed by atoms with Crippen molar-refractivity contribution in [3.05, 3.63) is 65.1 Å². The molecule has 0 amide bonds. The highest BCUT2D eigenvalue weighted by Gasteiger charge is 2.50. The predicted octanol–water partition coefficient (Wildman–Crippen LogP) is 5.16. The van der Waals surface area contributed by atoms with E-state index in [4.69, 9.17) is 14.2 Å². The molecular weight excluding hydrogens is 446 g/mol. The van der Waals surface area contributed by atoms with Crippen molar-refractivity contribution in [3.8, 4) is 0 Å². The Kier molecular flexibility index (Phi) is 6.68. The van der Waals surface area contributed by atoms with Gasteiger partial charge in [0.25, 0.3) is 0 Å². The Balaban J connectivity index is 1.55. The minimum absolute atomic E-state index is 0.197. The zero-order valence-corrected chi connectivity index (χ0v) is 22.1. The van der Waals surface area contributed by atoms with E-state index >= 15 is 0 Å². The summed E-state index contributed by atoms with van der Waals surface area (Å²) in [6.45, 7) is 12.1. The Morgan fingerprint density at radius 2 is 1.82 bits per heavy atom. The third-order valence-electron chi connectivity index (χ3n) is 6.62. The molecule has 0 spiro atoms. The van der Waals surface area contributed by atoms with E-state index in [1.807, 2.05) is 56.4 Å². The van der Waals surface area contributed by atoms with Crippen LogP contribution >= 0.6 is 0 Å². The van der Waals surface area contributed by atoms with Gasteiger partial charge in [0.2, 0.25) is 0 Å². The number of pyridine rings is 1. The molecule has 1 aliphatic carbocycles. The first kappa shape index (κ1) is 24.6. The average Bonchev–Trinajstić information content (AvgIpc) is 3.49. The lowest BCUT2D eigenvalue weighted by molar-refractivity contribution is -0.128. The fourth-order valence-electron chi connectivity index (χ4n) is 4.23. The SMILES string of the molecule is COC(=O)c1ccc(C2(c3nnc4c(C(C)(C)OCOCC[Si](C)(C)C)cccn34)CC2)cc1. The van der Waals surface area contributed by atoms with Gasteiger partial charge in [0.15, 0.2) is 5.65 Å². The normalized spacial score (nSPS) is 15.5. The molecule has 1 aromatic carbocycles. The highest BCUT2D eigenvalue weighted by molar-refractivity contribution is 6.76. The topological polar surface area (TPSA) is 75.0 Å². The first-order valence-electron chi connectivity index (χ1n) is 11.8. The molecule has 34 heavy (non-hydrogen) atoms. The first-order chi connectivity index (χ1) is 16.1. The van der Waals surface area contributed by atoms with Crippen LogP contribution in [0.15, 0.2) is 42.6 Å². The molecule has 0 N–H and O–H groups in total. The van der Waals surface area contributed by atoms with Gasteiger partial charge in [-0.3, -0.25) is 4.40 Å². The summed E-state index contributed by atoms with van der Waals surface area (Å²) in [7, 11) is 0.266. The number of esters is 1. The van der Waals surface area contributed by atoms with Crippen molar-refractivity contribution in [1.82, 2.24) is 14.6 Å². The molecule has 2 heterocycles. The van der Waals surface area contributed by atoms with Crippen LogP contribution < -0.4 is 0 Å². The van der Waals surface area contributed by atoms with Crippen molar-refractivity contribution in [2.24, 2.45) is 0 Å². The number of benzene rings is 1. The van der Waals surface area contributed by atoms with Gasteiger partial charge in [0, 0.05) is 26.4 Å². The van der Waals surface area contributed by atoms with E-state index in [-0.39, 0.29) is 18.2 Å². The number of aromatic nitrogens is 3. The van der Waals surface area contributed by atoms with Gasteiger partial charge in [0.05, 0.1) is 23.7 Å². The largest absolute Gasteiger partial charge is 0.465 e. The molecule has 0 bridgehead atoms. The first-order valence-corrected chi connectivity index (χ1v) is 15.5. The molecule has 0 atom stereocenters. The number of carbonyl (C=O) groups is 1. The summed E-state index contributed by atoms with van der Waals surface area (Å²) in [4.78, 5) is 11.8. The van der Waals surface area contributed by atoms with Crippen LogP contribution in [0.5, 0.6) is 0 Å². The summed E-state index contributed by atoms with van der Waals surface area (Å²) in [5, 5.41) is 9.21. The van der Waals surface area contributed by atoms with Crippen LogP contribution in [-0.4, -0.2) is 49.2 Å². The lowest BCUT2D eigenvalue weighted by Gasteiger charge is -2.26. The van der Waals surface area contributed by atoms with E-state index in [0.29, 0.717) is 5.56 Å². The van der Waals surface area contributed by atoms with Crippen LogP contribution in [0.4, 0.5) is 0 Å². The summed E-state index contributed by atoms with van der Waals surface area (Å²) in [5.41, 5.74) is 2.66. The van der Waals surface area contributed by atoms with Gasteiger partial charge in [0.1, 0.15) is 12.6 Å². The second-order valence-electron chi connectivity index (χ2n) is 10.8. The lowest BCUT2D eigenvalue weighted by Crippen LogP contribution is -2.26.